The Kier molecular flexibility index (Phi) is 7.53. The molecular weight excluding hydrogens is 677 g/mol. The fourth-order valence-corrected chi connectivity index (χ4v) is 8.71. The van der Waals surface area contributed by atoms with Crippen molar-refractivity contribution < 1.29 is 0 Å². The summed E-state index contributed by atoms with van der Waals surface area (Å²) in [7, 11) is 0. The molecule has 0 bridgehead atoms. The third kappa shape index (κ3) is 5.26. The van der Waals surface area contributed by atoms with Crippen molar-refractivity contribution in [1.82, 2.24) is 9.13 Å². The van der Waals surface area contributed by atoms with Crippen LogP contribution in [0, 0.1) is 0 Å². The Labute approximate surface area is 325 Å². The number of rotatable bonds is 6. The Hall–Kier alpha value is -7.42. The molecule has 0 saturated heterocycles. The highest BCUT2D eigenvalue weighted by atomic mass is 15.0. The summed E-state index contributed by atoms with van der Waals surface area (Å²) in [6.07, 6.45) is 0. The van der Waals surface area contributed by atoms with Gasteiger partial charge in [0.2, 0.25) is 0 Å². The van der Waals surface area contributed by atoms with Crippen molar-refractivity contribution in [3.8, 4) is 55.9 Å². The van der Waals surface area contributed by atoms with Gasteiger partial charge in [0.05, 0.1) is 22.1 Å². The highest BCUT2D eigenvalue weighted by Gasteiger charge is 2.17. The number of hydrogen-bond donors (Lipinski definition) is 0. The van der Waals surface area contributed by atoms with Crippen LogP contribution in [0.3, 0.4) is 0 Å². The van der Waals surface area contributed by atoms with Crippen molar-refractivity contribution in [2.75, 3.05) is 0 Å². The topological polar surface area (TPSA) is 9.86 Å². The summed E-state index contributed by atoms with van der Waals surface area (Å²) < 4.78 is 4.81. The van der Waals surface area contributed by atoms with Crippen LogP contribution in [0.4, 0.5) is 0 Å². The Morgan fingerprint density at radius 2 is 0.643 bits per heavy atom. The summed E-state index contributed by atoms with van der Waals surface area (Å²) in [5, 5.41) is 4.99. The molecule has 2 heterocycles. The molecular formula is C54H36N2. The molecule has 11 rings (SSSR count). The van der Waals surface area contributed by atoms with Gasteiger partial charge in [-0.05, 0) is 105 Å². The first kappa shape index (κ1) is 32.0. The predicted octanol–water partition coefficient (Wildman–Crippen LogP) is 14.5. The fourth-order valence-electron chi connectivity index (χ4n) is 8.71. The zero-order chi connectivity index (χ0) is 37.0. The minimum absolute atomic E-state index is 1.15. The zero-order valence-corrected chi connectivity index (χ0v) is 30.7. The van der Waals surface area contributed by atoms with Crippen LogP contribution in [-0.4, -0.2) is 9.13 Å². The second-order valence-corrected chi connectivity index (χ2v) is 14.5. The van der Waals surface area contributed by atoms with Crippen molar-refractivity contribution in [3.05, 3.63) is 218 Å². The van der Waals surface area contributed by atoms with Crippen molar-refractivity contribution in [3.63, 3.8) is 0 Å². The van der Waals surface area contributed by atoms with Crippen molar-refractivity contribution in [1.29, 1.82) is 0 Å². The van der Waals surface area contributed by atoms with Gasteiger partial charge in [-0.15, -0.1) is 0 Å². The van der Waals surface area contributed by atoms with E-state index in [0.29, 0.717) is 0 Å². The fraction of sp³-hybridized carbons (Fsp3) is 0. The molecule has 9 aromatic carbocycles. The van der Waals surface area contributed by atoms with Crippen LogP contribution in [0.25, 0.3) is 99.5 Å². The molecule has 0 radical (unpaired) electrons. The molecule has 2 aromatic heterocycles. The molecule has 0 atom stereocenters. The van der Waals surface area contributed by atoms with E-state index in [9.17, 15) is 0 Å². The Morgan fingerprint density at radius 1 is 0.214 bits per heavy atom. The van der Waals surface area contributed by atoms with E-state index in [-0.39, 0.29) is 0 Å². The molecule has 0 saturated carbocycles. The maximum atomic E-state index is 2.42. The Morgan fingerprint density at radius 3 is 1.25 bits per heavy atom. The van der Waals surface area contributed by atoms with Crippen LogP contribution in [0.15, 0.2) is 218 Å². The molecule has 0 aliphatic heterocycles. The standard InChI is InChI=1S/C54H36N2/c1-3-14-37(15-4-1)38-26-30-43(31-27-38)55-51-24-11-9-22-47(51)49-35-40(28-32-53(49)55)41-29-33-54-50(36-41)48-23-10-12-25-52(48)56(54)44-19-13-18-42(34-44)46-21-8-7-20-45(46)39-16-5-2-6-17-39/h1-36H. The minimum Gasteiger partial charge on any atom is -0.309 e. The van der Waals surface area contributed by atoms with Crippen LogP contribution >= 0.6 is 0 Å². The van der Waals surface area contributed by atoms with Gasteiger partial charge in [-0.25, -0.2) is 0 Å². The van der Waals surface area contributed by atoms with Gasteiger partial charge in [-0.1, -0.05) is 158 Å². The van der Waals surface area contributed by atoms with Crippen molar-refractivity contribution in [2.45, 2.75) is 0 Å². The summed E-state index contributed by atoms with van der Waals surface area (Å²) in [6, 6.07) is 79.3. The van der Waals surface area contributed by atoms with E-state index in [0.717, 1.165) is 11.4 Å². The van der Waals surface area contributed by atoms with E-state index >= 15 is 0 Å². The van der Waals surface area contributed by atoms with Gasteiger partial charge in [0.25, 0.3) is 0 Å². The molecule has 0 aliphatic rings. The molecule has 2 nitrogen and oxygen atoms in total. The lowest BCUT2D eigenvalue weighted by atomic mass is 9.94. The van der Waals surface area contributed by atoms with E-state index in [2.05, 4.69) is 228 Å². The first-order valence-electron chi connectivity index (χ1n) is 19.3. The maximum absolute atomic E-state index is 2.42. The van der Waals surface area contributed by atoms with E-state index in [1.807, 2.05) is 0 Å². The van der Waals surface area contributed by atoms with Gasteiger partial charge in [-0.3, -0.25) is 0 Å². The highest BCUT2D eigenvalue weighted by Crippen LogP contribution is 2.40. The number of nitrogens with zero attached hydrogens (tertiary/aromatic N) is 2. The van der Waals surface area contributed by atoms with Gasteiger partial charge in [0, 0.05) is 32.9 Å². The number of benzene rings is 9. The van der Waals surface area contributed by atoms with Gasteiger partial charge in [0.15, 0.2) is 0 Å². The monoisotopic (exact) mass is 712 g/mol. The second kappa shape index (κ2) is 13.2. The molecule has 262 valence electrons. The second-order valence-electron chi connectivity index (χ2n) is 14.5. The van der Waals surface area contributed by atoms with Gasteiger partial charge < -0.3 is 9.13 Å². The highest BCUT2D eigenvalue weighted by molar-refractivity contribution is 6.12. The van der Waals surface area contributed by atoms with Crippen LogP contribution in [0.5, 0.6) is 0 Å². The minimum atomic E-state index is 1.15. The average Bonchev–Trinajstić information content (AvgIpc) is 3.79. The molecule has 0 unspecified atom stereocenters. The molecule has 56 heavy (non-hydrogen) atoms. The van der Waals surface area contributed by atoms with Crippen LogP contribution < -0.4 is 0 Å². The van der Waals surface area contributed by atoms with Crippen LogP contribution in [-0.2, 0) is 0 Å². The SMILES string of the molecule is c1ccc(-c2ccc(-n3c4ccccc4c4cc(-c5ccc6c(c5)c5ccccc5n6-c5cccc(-c6ccccc6-c6ccccc6)c5)ccc43)cc2)cc1. The third-order valence-electron chi connectivity index (χ3n) is 11.3. The largest absolute Gasteiger partial charge is 0.309 e. The quantitative estimate of drug-likeness (QED) is 0.162. The average molecular weight is 713 g/mol. The van der Waals surface area contributed by atoms with Gasteiger partial charge in [0.1, 0.15) is 0 Å². The predicted molar refractivity (Wildman–Crippen MR) is 237 cm³/mol. The van der Waals surface area contributed by atoms with E-state index in [4.69, 9.17) is 0 Å². The lowest BCUT2D eigenvalue weighted by Gasteiger charge is -2.13. The summed E-state index contributed by atoms with van der Waals surface area (Å²) in [5.41, 5.74) is 16.8. The van der Waals surface area contributed by atoms with Crippen molar-refractivity contribution >= 4 is 43.6 Å². The summed E-state index contributed by atoms with van der Waals surface area (Å²) >= 11 is 0. The maximum Gasteiger partial charge on any atom is 0.0541 e. The lowest BCUT2D eigenvalue weighted by molar-refractivity contribution is 1.18. The van der Waals surface area contributed by atoms with Crippen LogP contribution in [0.1, 0.15) is 0 Å². The smallest absolute Gasteiger partial charge is 0.0541 e. The molecule has 11 aromatic rings. The van der Waals surface area contributed by atoms with Gasteiger partial charge in [-0.2, -0.15) is 0 Å². The summed E-state index contributed by atoms with van der Waals surface area (Å²) in [5.74, 6) is 0. The first-order chi connectivity index (χ1) is 27.8. The molecule has 0 aliphatic carbocycles. The van der Waals surface area contributed by atoms with Crippen LogP contribution in [0.2, 0.25) is 0 Å². The van der Waals surface area contributed by atoms with E-state index in [1.165, 1.54) is 88.1 Å². The molecule has 0 amide bonds. The Balaban J connectivity index is 1.02. The zero-order valence-electron chi connectivity index (χ0n) is 30.7. The number of para-hydroxylation sites is 2. The number of hydrogen-bond acceptors (Lipinski definition) is 0. The van der Waals surface area contributed by atoms with Crippen molar-refractivity contribution in [2.24, 2.45) is 0 Å². The normalized spacial score (nSPS) is 11.6. The van der Waals surface area contributed by atoms with Gasteiger partial charge >= 0.3 is 0 Å². The van der Waals surface area contributed by atoms with E-state index < -0.39 is 0 Å². The molecule has 0 spiro atoms. The first-order valence-corrected chi connectivity index (χ1v) is 19.3. The summed E-state index contributed by atoms with van der Waals surface area (Å²) in [6.45, 7) is 0. The molecule has 2 heteroatoms. The van der Waals surface area contributed by atoms with E-state index in [1.54, 1.807) is 0 Å². The molecule has 0 fully saturated rings. The third-order valence-corrected chi connectivity index (χ3v) is 11.3. The summed E-state index contributed by atoms with van der Waals surface area (Å²) in [4.78, 5) is 0. The number of fused-ring (bicyclic) bond motifs is 6. The molecule has 0 N–H and O–H groups in total. The number of aromatic nitrogens is 2. The Bertz CT molecular complexity index is 3220. The lowest BCUT2D eigenvalue weighted by Crippen LogP contribution is -1.95.